The van der Waals surface area contributed by atoms with Crippen molar-refractivity contribution in [2.45, 2.75) is 37.9 Å². The third-order valence-electron chi connectivity index (χ3n) is 4.48. The van der Waals surface area contributed by atoms with Crippen molar-refractivity contribution in [2.24, 2.45) is 0 Å². The minimum absolute atomic E-state index is 0.264. The maximum Gasteiger partial charge on any atom is 0.336 e. The fourth-order valence-corrected chi connectivity index (χ4v) is 3.11. The van der Waals surface area contributed by atoms with Crippen LogP contribution < -0.4 is 0 Å². The monoisotopic (exact) mass is 367 g/mol. The van der Waals surface area contributed by atoms with Gasteiger partial charge < -0.3 is 5.11 Å². The summed E-state index contributed by atoms with van der Waals surface area (Å²) in [6.45, 7) is 4.22. The molecule has 0 radical (unpaired) electrons. The Morgan fingerprint density at radius 3 is 2.54 bits per heavy atom. The van der Waals surface area contributed by atoms with E-state index in [9.17, 15) is 9.90 Å². The molecule has 0 aliphatic rings. The molecular formula is C20H21N3O2S. The molecule has 1 N–H and O–H groups in total. The molecule has 5 nitrogen and oxygen atoms in total. The first-order valence-corrected chi connectivity index (χ1v) is 9.00. The predicted molar refractivity (Wildman–Crippen MR) is 104 cm³/mol. The number of carbonyl (C=O) groups is 1. The van der Waals surface area contributed by atoms with Crippen molar-refractivity contribution in [3.63, 3.8) is 0 Å². The molecule has 0 saturated carbocycles. The molecule has 2 aromatic carbocycles. The molecule has 134 valence electrons. The molecule has 1 aromatic heterocycles. The van der Waals surface area contributed by atoms with Crippen LogP contribution >= 0.6 is 12.6 Å². The van der Waals surface area contributed by atoms with Crippen LogP contribution in [0.2, 0.25) is 0 Å². The zero-order valence-electron chi connectivity index (χ0n) is 14.8. The Balaban J connectivity index is 1.87. The number of aromatic nitrogens is 3. The highest BCUT2D eigenvalue weighted by Gasteiger charge is 2.14. The molecule has 1 atom stereocenters. The molecular weight excluding hydrogens is 346 g/mol. The second-order valence-corrected chi connectivity index (χ2v) is 6.65. The Kier molecular flexibility index (Phi) is 5.42. The lowest BCUT2D eigenvalue weighted by Gasteiger charge is -2.12. The van der Waals surface area contributed by atoms with Crippen molar-refractivity contribution in [2.75, 3.05) is 0 Å². The Labute approximate surface area is 158 Å². The highest BCUT2D eigenvalue weighted by Crippen LogP contribution is 2.25. The van der Waals surface area contributed by atoms with Crippen LogP contribution in [-0.2, 0) is 6.42 Å². The van der Waals surface area contributed by atoms with E-state index in [0.717, 1.165) is 23.4 Å². The van der Waals surface area contributed by atoms with Crippen molar-refractivity contribution in [1.82, 2.24) is 14.8 Å². The number of aromatic carboxylic acids is 1. The third-order valence-corrected chi connectivity index (χ3v) is 4.67. The van der Waals surface area contributed by atoms with Crippen LogP contribution in [-0.4, -0.2) is 25.8 Å². The number of hydrogen-bond donors (Lipinski definition) is 2. The lowest BCUT2D eigenvalue weighted by atomic mass is 9.98. The normalized spacial score (nSPS) is 12.1. The van der Waals surface area contributed by atoms with Crippen LogP contribution in [0.5, 0.6) is 0 Å². The molecule has 0 bridgehead atoms. The first-order valence-electron chi connectivity index (χ1n) is 8.55. The van der Waals surface area contributed by atoms with E-state index in [0.29, 0.717) is 22.7 Å². The van der Waals surface area contributed by atoms with Gasteiger partial charge in [0, 0.05) is 6.42 Å². The van der Waals surface area contributed by atoms with Gasteiger partial charge >= 0.3 is 5.97 Å². The highest BCUT2D eigenvalue weighted by atomic mass is 32.1. The maximum atomic E-state index is 11.4. The minimum Gasteiger partial charge on any atom is -0.478 e. The first-order chi connectivity index (χ1) is 12.5. The maximum absolute atomic E-state index is 11.4. The Morgan fingerprint density at radius 2 is 1.88 bits per heavy atom. The zero-order chi connectivity index (χ0) is 18.7. The van der Waals surface area contributed by atoms with Crippen LogP contribution in [0, 0.1) is 0 Å². The van der Waals surface area contributed by atoms with Crippen LogP contribution in [0.1, 0.15) is 48.1 Å². The van der Waals surface area contributed by atoms with E-state index >= 15 is 0 Å². The average Bonchev–Trinajstić information content (AvgIpc) is 3.02. The van der Waals surface area contributed by atoms with E-state index in [4.69, 9.17) is 0 Å². The highest BCUT2D eigenvalue weighted by molar-refractivity contribution is 7.80. The molecule has 3 aromatic rings. The van der Waals surface area contributed by atoms with E-state index < -0.39 is 5.97 Å². The Morgan fingerprint density at radius 1 is 1.19 bits per heavy atom. The van der Waals surface area contributed by atoms with E-state index in [1.807, 2.05) is 41.1 Å². The van der Waals surface area contributed by atoms with Crippen molar-refractivity contribution in [3.8, 4) is 11.1 Å². The third kappa shape index (κ3) is 3.80. The fourth-order valence-electron chi connectivity index (χ4n) is 2.90. The number of carboxylic acid groups (broad SMARTS) is 1. The number of rotatable bonds is 6. The molecule has 0 saturated heterocycles. The molecule has 6 heteroatoms. The van der Waals surface area contributed by atoms with Gasteiger partial charge in [-0.15, -0.1) is 17.7 Å². The summed E-state index contributed by atoms with van der Waals surface area (Å²) in [6.07, 6.45) is 1.62. The van der Waals surface area contributed by atoms with E-state index in [-0.39, 0.29) is 6.04 Å². The molecule has 0 aliphatic carbocycles. The zero-order valence-corrected chi connectivity index (χ0v) is 15.6. The number of carboxylic acids is 1. The molecule has 1 heterocycles. The molecule has 3 rings (SSSR count). The first kappa shape index (κ1) is 18.2. The molecule has 0 fully saturated rings. The minimum atomic E-state index is -0.923. The van der Waals surface area contributed by atoms with Crippen molar-refractivity contribution < 1.29 is 9.90 Å². The van der Waals surface area contributed by atoms with Crippen molar-refractivity contribution >= 4 is 18.6 Å². The van der Waals surface area contributed by atoms with Gasteiger partial charge in [0.1, 0.15) is 5.82 Å². The van der Waals surface area contributed by atoms with E-state index in [1.54, 1.807) is 12.1 Å². The van der Waals surface area contributed by atoms with Gasteiger partial charge in [-0.2, -0.15) is 0 Å². The average molecular weight is 367 g/mol. The molecule has 0 aliphatic heterocycles. The summed E-state index contributed by atoms with van der Waals surface area (Å²) in [4.78, 5) is 15.8. The van der Waals surface area contributed by atoms with Crippen LogP contribution in [0.3, 0.4) is 0 Å². The van der Waals surface area contributed by atoms with Gasteiger partial charge in [0.2, 0.25) is 5.16 Å². The van der Waals surface area contributed by atoms with Crippen molar-refractivity contribution in [1.29, 1.82) is 0 Å². The summed E-state index contributed by atoms with van der Waals surface area (Å²) >= 11 is 4.27. The predicted octanol–water partition coefficient (Wildman–Crippen LogP) is 4.49. The number of nitrogens with zero attached hydrogens (tertiary/aromatic N) is 3. The Bertz CT molecular complexity index is 919. The van der Waals surface area contributed by atoms with Crippen LogP contribution in [0.15, 0.2) is 53.7 Å². The standard InChI is InChI=1S/C20H21N3O2S/c1-3-13(2)23-18(21-20(26)22-23)12-14-8-10-15(11-9-14)16-6-4-5-7-17(16)19(24)25/h4-11,13H,3,12H2,1-2H3,(H,22,26)(H,24,25). The summed E-state index contributed by atoms with van der Waals surface area (Å²) < 4.78 is 1.93. The molecule has 26 heavy (non-hydrogen) atoms. The lowest BCUT2D eigenvalue weighted by Crippen LogP contribution is -2.10. The molecule has 0 spiro atoms. The van der Waals surface area contributed by atoms with Gasteiger partial charge in [-0.3, -0.25) is 0 Å². The summed E-state index contributed by atoms with van der Waals surface area (Å²) in [5, 5.41) is 14.2. The summed E-state index contributed by atoms with van der Waals surface area (Å²) in [5.41, 5.74) is 2.99. The summed E-state index contributed by atoms with van der Waals surface area (Å²) in [5.74, 6) is -0.0457. The summed E-state index contributed by atoms with van der Waals surface area (Å²) in [6, 6.07) is 15.2. The number of hydrogen-bond acceptors (Lipinski definition) is 4. The van der Waals surface area contributed by atoms with E-state index in [1.165, 1.54) is 0 Å². The van der Waals surface area contributed by atoms with Gasteiger partial charge in [-0.1, -0.05) is 49.4 Å². The summed E-state index contributed by atoms with van der Waals surface area (Å²) in [7, 11) is 0. The lowest BCUT2D eigenvalue weighted by molar-refractivity contribution is 0.0697. The second kappa shape index (κ2) is 7.74. The van der Waals surface area contributed by atoms with Crippen molar-refractivity contribution in [3.05, 3.63) is 65.5 Å². The number of benzene rings is 2. The topological polar surface area (TPSA) is 68.0 Å². The fraction of sp³-hybridized carbons (Fsp3) is 0.250. The second-order valence-electron chi connectivity index (χ2n) is 6.25. The smallest absolute Gasteiger partial charge is 0.336 e. The molecule has 1 unspecified atom stereocenters. The van der Waals surface area contributed by atoms with Crippen LogP contribution in [0.25, 0.3) is 11.1 Å². The van der Waals surface area contributed by atoms with Crippen LogP contribution in [0.4, 0.5) is 0 Å². The van der Waals surface area contributed by atoms with Gasteiger partial charge in [0.05, 0.1) is 11.6 Å². The van der Waals surface area contributed by atoms with E-state index in [2.05, 4.69) is 36.6 Å². The van der Waals surface area contributed by atoms with Gasteiger partial charge in [-0.05, 0) is 36.1 Å². The SMILES string of the molecule is CCC(C)n1nc(S)nc1Cc1ccc(-c2ccccc2C(=O)O)cc1. The van der Waals surface area contributed by atoms with Gasteiger partial charge in [-0.25, -0.2) is 14.5 Å². The van der Waals surface area contributed by atoms with Gasteiger partial charge in [0.15, 0.2) is 0 Å². The quantitative estimate of drug-likeness (QED) is 0.630. The molecule has 0 amide bonds. The number of thiol groups is 1. The Hall–Kier alpha value is -2.60. The largest absolute Gasteiger partial charge is 0.478 e. The van der Waals surface area contributed by atoms with Gasteiger partial charge in [0.25, 0.3) is 0 Å².